The first-order chi connectivity index (χ1) is 7.27. The van der Waals surface area contributed by atoms with E-state index >= 15 is 0 Å². The summed E-state index contributed by atoms with van der Waals surface area (Å²) in [6.45, 7) is 1.65. The van der Waals surface area contributed by atoms with Crippen LogP contribution in [0.5, 0.6) is 0 Å². The van der Waals surface area contributed by atoms with Crippen LogP contribution in [0.2, 0.25) is 0 Å². The first-order valence-corrected chi connectivity index (χ1v) is 6.02. The maximum Gasteiger partial charge on any atom is 0.106 e. The van der Waals surface area contributed by atoms with Crippen LogP contribution in [-0.2, 0) is 4.74 Å². The fraction of sp³-hybridized carbons (Fsp3) is 0.545. The van der Waals surface area contributed by atoms with Crippen molar-refractivity contribution in [1.29, 1.82) is 0 Å². The summed E-state index contributed by atoms with van der Waals surface area (Å²) in [4.78, 5) is 4.40. The zero-order chi connectivity index (χ0) is 10.7. The fourth-order valence-corrected chi connectivity index (χ4v) is 2.28. The molecule has 1 aromatic heterocycles. The van der Waals surface area contributed by atoms with E-state index in [4.69, 9.17) is 10.5 Å². The van der Waals surface area contributed by atoms with Crippen molar-refractivity contribution in [3.8, 4) is 0 Å². The van der Waals surface area contributed by atoms with Crippen LogP contribution in [0.3, 0.4) is 0 Å². The molecule has 0 aliphatic carbocycles. The molecule has 0 saturated carbocycles. The molecule has 0 spiro atoms. The van der Waals surface area contributed by atoms with Crippen molar-refractivity contribution >= 4 is 28.3 Å². The van der Waals surface area contributed by atoms with E-state index in [1.54, 1.807) is 0 Å². The van der Waals surface area contributed by atoms with Gasteiger partial charge in [-0.15, -0.1) is 12.4 Å². The number of hydrogen-bond acceptors (Lipinski definition) is 3. The summed E-state index contributed by atoms with van der Waals surface area (Å²) in [6, 6.07) is 5.92. The molecule has 1 aliphatic heterocycles. The molecular formula is C11H16BrClN2O. The Balaban J connectivity index is 0.00000128. The molecular weight excluding hydrogens is 291 g/mol. The minimum atomic E-state index is 0. The topological polar surface area (TPSA) is 48.1 Å². The monoisotopic (exact) mass is 306 g/mol. The largest absolute Gasteiger partial charge is 0.381 e. The minimum absolute atomic E-state index is 0. The Morgan fingerprint density at radius 2 is 2.06 bits per heavy atom. The van der Waals surface area contributed by atoms with Gasteiger partial charge in [0.25, 0.3) is 0 Å². The van der Waals surface area contributed by atoms with Crippen LogP contribution in [0, 0.1) is 5.92 Å². The van der Waals surface area contributed by atoms with Crippen LogP contribution < -0.4 is 5.73 Å². The normalized spacial score (nSPS) is 18.9. The van der Waals surface area contributed by atoms with Crippen LogP contribution in [0.4, 0.5) is 0 Å². The van der Waals surface area contributed by atoms with Crippen LogP contribution in [-0.4, -0.2) is 18.2 Å². The molecule has 90 valence electrons. The summed E-state index contributed by atoms with van der Waals surface area (Å²) < 4.78 is 6.17. The molecule has 0 bridgehead atoms. The van der Waals surface area contributed by atoms with E-state index in [1.165, 1.54) is 0 Å². The molecule has 16 heavy (non-hydrogen) atoms. The Morgan fingerprint density at radius 3 is 2.69 bits per heavy atom. The Hall–Kier alpha value is -0.160. The van der Waals surface area contributed by atoms with Gasteiger partial charge in [-0.25, -0.2) is 4.98 Å². The number of aromatic nitrogens is 1. The predicted octanol–water partition coefficient (Wildman–Crippen LogP) is 2.69. The molecule has 1 aliphatic rings. The molecule has 2 rings (SSSR count). The van der Waals surface area contributed by atoms with E-state index in [0.717, 1.165) is 36.4 Å². The highest BCUT2D eigenvalue weighted by Crippen LogP contribution is 2.27. The van der Waals surface area contributed by atoms with Crippen molar-refractivity contribution in [3.05, 3.63) is 28.5 Å². The van der Waals surface area contributed by atoms with Crippen LogP contribution in [0.1, 0.15) is 24.6 Å². The molecule has 3 nitrogen and oxygen atoms in total. The second kappa shape index (κ2) is 6.55. The molecule has 1 atom stereocenters. The second-order valence-electron chi connectivity index (χ2n) is 3.86. The summed E-state index contributed by atoms with van der Waals surface area (Å²) in [5, 5.41) is 0. The third-order valence-corrected chi connectivity index (χ3v) is 3.29. The number of ether oxygens (including phenoxy) is 1. The fourth-order valence-electron chi connectivity index (χ4n) is 1.93. The van der Waals surface area contributed by atoms with E-state index in [9.17, 15) is 0 Å². The van der Waals surface area contributed by atoms with Gasteiger partial charge in [0.1, 0.15) is 4.60 Å². The number of halogens is 2. The van der Waals surface area contributed by atoms with Crippen molar-refractivity contribution < 1.29 is 4.74 Å². The summed E-state index contributed by atoms with van der Waals surface area (Å²) >= 11 is 3.36. The van der Waals surface area contributed by atoms with Crippen molar-refractivity contribution in [2.75, 3.05) is 13.2 Å². The lowest BCUT2D eigenvalue weighted by Gasteiger charge is -2.27. The average molecular weight is 308 g/mol. The number of nitrogens with zero attached hydrogens (tertiary/aromatic N) is 1. The number of hydrogen-bond donors (Lipinski definition) is 1. The lowest BCUT2D eigenvalue weighted by Crippen LogP contribution is -2.28. The number of rotatable bonds is 2. The highest BCUT2D eigenvalue weighted by Gasteiger charge is 2.23. The van der Waals surface area contributed by atoms with E-state index in [1.807, 2.05) is 18.2 Å². The average Bonchev–Trinajstić information content (AvgIpc) is 2.29. The Bertz CT molecular complexity index is 332. The standard InChI is InChI=1S/C11H15BrN2O.ClH/c12-10-3-1-2-9(14-10)11(13)8-4-6-15-7-5-8;/h1-3,8,11H,4-7,13H2;1H/t11-;/m0./s1. The zero-order valence-electron chi connectivity index (χ0n) is 8.93. The quantitative estimate of drug-likeness (QED) is 0.855. The van der Waals surface area contributed by atoms with Gasteiger partial charge in [-0.2, -0.15) is 0 Å². The van der Waals surface area contributed by atoms with E-state index in [0.29, 0.717) is 5.92 Å². The summed E-state index contributed by atoms with van der Waals surface area (Å²) in [5.74, 6) is 0.501. The highest BCUT2D eigenvalue weighted by atomic mass is 79.9. The molecule has 0 aromatic carbocycles. The van der Waals surface area contributed by atoms with Gasteiger partial charge in [0.05, 0.1) is 11.7 Å². The molecule has 1 saturated heterocycles. The van der Waals surface area contributed by atoms with Crippen molar-refractivity contribution in [2.24, 2.45) is 11.7 Å². The first-order valence-electron chi connectivity index (χ1n) is 5.23. The van der Waals surface area contributed by atoms with Gasteiger partial charge in [0, 0.05) is 13.2 Å². The minimum Gasteiger partial charge on any atom is -0.381 e. The van der Waals surface area contributed by atoms with E-state index < -0.39 is 0 Å². The summed E-state index contributed by atoms with van der Waals surface area (Å²) in [7, 11) is 0. The third kappa shape index (κ3) is 3.42. The van der Waals surface area contributed by atoms with Gasteiger partial charge in [-0.05, 0) is 46.8 Å². The molecule has 1 fully saturated rings. The smallest absolute Gasteiger partial charge is 0.106 e. The molecule has 2 N–H and O–H groups in total. The highest BCUT2D eigenvalue weighted by molar-refractivity contribution is 9.10. The van der Waals surface area contributed by atoms with Gasteiger partial charge in [0.2, 0.25) is 0 Å². The van der Waals surface area contributed by atoms with Gasteiger partial charge in [-0.3, -0.25) is 0 Å². The van der Waals surface area contributed by atoms with Gasteiger partial charge < -0.3 is 10.5 Å². The zero-order valence-corrected chi connectivity index (χ0v) is 11.3. The van der Waals surface area contributed by atoms with Crippen molar-refractivity contribution in [1.82, 2.24) is 4.98 Å². The Kier molecular flexibility index (Phi) is 5.69. The maximum atomic E-state index is 6.20. The van der Waals surface area contributed by atoms with Crippen LogP contribution in [0.25, 0.3) is 0 Å². The summed E-state index contributed by atoms with van der Waals surface area (Å²) in [5.41, 5.74) is 7.17. The van der Waals surface area contributed by atoms with Gasteiger partial charge >= 0.3 is 0 Å². The molecule has 0 radical (unpaired) electrons. The van der Waals surface area contributed by atoms with E-state index in [2.05, 4.69) is 20.9 Å². The van der Waals surface area contributed by atoms with Crippen molar-refractivity contribution in [3.63, 3.8) is 0 Å². The lowest BCUT2D eigenvalue weighted by atomic mass is 9.90. The second-order valence-corrected chi connectivity index (χ2v) is 4.67. The molecule has 2 heterocycles. The number of nitrogens with two attached hydrogens (primary N) is 1. The van der Waals surface area contributed by atoms with Gasteiger partial charge in [-0.1, -0.05) is 6.07 Å². The lowest BCUT2D eigenvalue weighted by molar-refractivity contribution is 0.0579. The molecule has 5 heteroatoms. The maximum absolute atomic E-state index is 6.20. The molecule has 0 amide bonds. The first kappa shape index (κ1) is 13.9. The van der Waals surface area contributed by atoms with Crippen molar-refractivity contribution in [2.45, 2.75) is 18.9 Å². The molecule has 0 unspecified atom stereocenters. The third-order valence-electron chi connectivity index (χ3n) is 2.85. The predicted molar refractivity (Wildman–Crippen MR) is 69.7 cm³/mol. The SMILES string of the molecule is Cl.N[C@H](c1cccc(Br)n1)C1CCOCC1. The van der Waals surface area contributed by atoms with Gasteiger partial charge in [0.15, 0.2) is 0 Å². The Morgan fingerprint density at radius 1 is 1.38 bits per heavy atom. The number of pyridine rings is 1. The molecule has 1 aromatic rings. The van der Waals surface area contributed by atoms with Crippen LogP contribution in [0.15, 0.2) is 22.8 Å². The van der Waals surface area contributed by atoms with Crippen LogP contribution >= 0.6 is 28.3 Å². The summed E-state index contributed by atoms with van der Waals surface area (Å²) in [6.07, 6.45) is 2.07. The van der Waals surface area contributed by atoms with E-state index in [-0.39, 0.29) is 18.4 Å². The Labute approximate surface area is 110 Å².